The summed E-state index contributed by atoms with van der Waals surface area (Å²) in [6.07, 6.45) is 6.61. The van der Waals surface area contributed by atoms with Crippen molar-refractivity contribution in [3.05, 3.63) is 30.5 Å². The molecule has 7 nitrogen and oxygen atoms in total. The van der Waals surface area contributed by atoms with Gasteiger partial charge in [-0.15, -0.1) is 0 Å². The molecule has 1 aromatic heterocycles. The molecule has 164 valence electrons. The molecule has 1 aliphatic heterocycles. The first kappa shape index (κ1) is 22.2. The van der Waals surface area contributed by atoms with Crippen LogP contribution in [0, 0.1) is 5.92 Å². The second-order valence-corrected chi connectivity index (χ2v) is 8.62. The average Bonchev–Trinajstić information content (AvgIpc) is 3.11. The van der Waals surface area contributed by atoms with E-state index in [-0.39, 0.29) is 11.9 Å². The van der Waals surface area contributed by atoms with E-state index in [0.29, 0.717) is 13.1 Å². The number of urea groups is 1. The topological polar surface area (TPSA) is 69.6 Å². The molecule has 1 fully saturated rings. The van der Waals surface area contributed by atoms with Crippen LogP contribution in [0.3, 0.4) is 0 Å². The lowest BCUT2D eigenvalue weighted by Crippen LogP contribution is -2.34. The second kappa shape index (κ2) is 10.5. The Morgan fingerprint density at radius 2 is 1.90 bits per heavy atom. The van der Waals surface area contributed by atoms with Gasteiger partial charge in [0.05, 0.1) is 0 Å². The number of likely N-dealkylation sites (N-methyl/N-ethyl adjacent to an activating group) is 1. The van der Waals surface area contributed by atoms with Crippen molar-refractivity contribution >= 4 is 28.5 Å². The van der Waals surface area contributed by atoms with Crippen molar-refractivity contribution in [2.24, 2.45) is 5.92 Å². The molecule has 0 aliphatic carbocycles. The molecule has 3 rings (SSSR count). The highest BCUT2D eigenvalue weighted by molar-refractivity contribution is 5.93. The zero-order chi connectivity index (χ0) is 21.5. The third-order valence-corrected chi connectivity index (χ3v) is 5.90. The normalized spacial score (nSPS) is 15.3. The number of amides is 3. The molecule has 0 bridgehead atoms. The van der Waals surface area contributed by atoms with Crippen LogP contribution in [0.5, 0.6) is 0 Å². The lowest BCUT2D eigenvalue weighted by Gasteiger charge is -2.30. The first-order chi connectivity index (χ1) is 14.4. The van der Waals surface area contributed by atoms with Crippen LogP contribution in [-0.4, -0.2) is 66.6 Å². The van der Waals surface area contributed by atoms with Crippen molar-refractivity contribution in [2.45, 2.75) is 39.2 Å². The molecule has 1 aromatic carbocycles. The Bertz CT molecular complexity index is 852. The number of piperidine rings is 1. The maximum atomic E-state index is 12.2. The summed E-state index contributed by atoms with van der Waals surface area (Å²) in [4.78, 5) is 28.3. The summed E-state index contributed by atoms with van der Waals surface area (Å²) >= 11 is 0. The van der Waals surface area contributed by atoms with Crippen LogP contribution in [-0.2, 0) is 11.3 Å². The lowest BCUT2D eigenvalue weighted by molar-refractivity contribution is -0.129. The number of unbranched alkanes of at least 4 members (excludes halogenated alkanes) is 1. The van der Waals surface area contributed by atoms with Crippen LogP contribution in [0.4, 0.5) is 10.5 Å². The number of rotatable bonds is 8. The van der Waals surface area contributed by atoms with Crippen molar-refractivity contribution < 1.29 is 9.59 Å². The SMILES string of the molecule is CC1CCN(CCCCNC(=O)Nc2ccc3c(ccn3CC(=O)N(C)C)c2)CC1. The van der Waals surface area contributed by atoms with Gasteiger partial charge in [0, 0.05) is 43.4 Å². The monoisotopic (exact) mass is 413 g/mol. The minimum absolute atomic E-state index is 0.0453. The molecule has 2 heterocycles. The Balaban J connectivity index is 1.40. The van der Waals surface area contributed by atoms with Gasteiger partial charge in [-0.1, -0.05) is 6.92 Å². The number of carbonyl (C=O) groups excluding carboxylic acids is 2. The third kappa shape index (κ3) is 6.23. The Kier molecular flexibility index (Phi) is 7.74. The van der Waals surface area contributed by atoms with Gasteiger partial charge in [-0.3, -0.25) is 4.79 Å². The largest absolute Gasteiger partial charge is 0.347 e. The molecule has 1 saturated heterocycles. The van der Waals surface area contributed by atoms with Gasteiger partial charge in [0.25, 0.3) is 0 Å². The van der Waals surface area contributed by atoms with Crippen molar-refractivity contribution in [3.63, 3.8) is 0 Å². The van der Waals surface area contributed by atoms with Crippen molar-refractivity contribution in [1.29, 1.82) is 0 Å². The average molecular weight is 414 g/mol. The van der Waals surface area contributed by atoms with Gasteiger partial charge in [-0.2, -0.15) is 0 Å². The molecule has 0 atom stereocenters. The summed E-state index contributed by atoms with van der Waals surface area (Å²) in [5.74, 6) is 0.911. The first-order valence-electron chi connectivity index (χ1n) is 11.0. The molecule has 2 N–H and O–H groups in total. The van der Waals surface area contributed by atoms with Crippen LogP contribution < -0.4 is 10.6 Å². The number of nitrogens with one attached hydrogen (secondary N) is 2. The lowest BCUT2D eigenvalue weighted by atomic mass is 9.99. The molecule has 0 radical (unpaired) electrons. The predicted molar refractivity (Wildman–Crippen MR) is 122 cm³/mol. The summed E-state index contributed by atoms with van der Waals surface area (Å²) in [7, 11) is 3.51. The molecule has 30 heavy (non-hydrogen) atoms. The highest BCUT2D eigenvalue weighted by atomic mass is 16.2. The van der Waals surface area contributed by atoms with Crippen LogP contribution in [0.2, 0.25) is 0 Å². The fourth-order valence-corrected chi connectivity index (χ4v) is 3.83. The highest BCUT2D eigenvalue weighted by Crippen LogP contribution is 2.21. The van der Waals surface area contributed by atoms with E-state index < -0.39 is 0 Å². The summed E-state index contributed by atoms with van der Waals surface area (Å²) in [6, 6.07) is 7.53. The number of nitrogens with zero attached hydrogens (tertiary/aromatic N) is 3. The quantitative estimate of drug-likeness (QED) is 0.652. The number of hydrogen-bond acceptors (Lipinski definition) is 3. The molecule has 0 saturated carbocycles. The van der Waals surface area contributed by atoms with Crippen molar-refractivity contribution in [2.75, 3.05) is 45.6 Å². The van der Waals surface area contributed by atoms with E-state index in [4.69, 9.17) is 0 Å². The summed E-state index contributed by atoms with van der Waals surface area (Å²) in [5.41, 5.74) is 1.72. The minimum atomic E-state index is -0.177. The Labute approximate surface area is 179 Å². The third-order valence-electron chi connectivity index (χ3n) is 5.90. The fourth-order valence-electron chi connectivity index (χ4n) is 3.83. The molecule has 0 spiro atoms. The second-order valence-electron chi connectivity index (χ2n) is 8.62. The van der Waals surface area contributed by atoms with Crippen LogP contribution in [0.15, 0.2) is 30.5 Å². The van der Waals surface area contributed by atoms with E-state index in [9.17, 15) is 9.59 Å². The van der Waals surface area contributed by atoms with Crippen molar-refractivity contribution in [3.8, 4) is 0 Å². The molecule has 7 heteroatoms. The van der Waals surface area contributed by atoms with Gasteiger partial charge >= 0.3 is 6.03 Å². The summed E-state index contributed by atoms with van der Waals surface area (Å²) in [6.45, 7) is 6.87. The number of carbonyl (C=O) groups is 2. The Morgan fingerprint density at radius 1 is 1.13 bits per heavy atom. The number of benzene rings is 1. The van der Waals surface area contributed by atoms with E-state index in [1.807, 2.05) is 35.0 Å². The van der Waals surface area contributed by atoms with E-state index in [1.165, 1.54) is 25.9 Å². The molecule has 2 aromatic rings. The molecule has 1 aliphatic rings. The number of anilines is 1. The molecular formula is C23H35N5O2. The minimum Gasteiger partial charge on any atom is -0.347 e. The first-order valence-corrected chi connectivity index (χ1v) is 11.0. The number of likely N-dealkylation sites (tertiary alicyclic amines) is 1. The van der Waals surface area contributed by atoms with Gasteiger partial charge in [0.15, 0.2) is 0 Å². The fraction of sp³-hybridized carbons (Fsp3) is 0.565. The van der Waals surface area contributed by atoms with Gasteiger partial charge in [-0.05, 0) is 75.5 Å². The number of aromatic nitrogens is 1. The Morgan fingerprint density at radius 3 is 2.63 bits per heavy atom. The van der Waals surface area contributed by atoms with E-state index in [2.05, 4.69) is 22.5 Å². The zero-order valence-electron chi connectivity index (χ0n) is 18.5. The standard InChI is InChI=1S/C23H35N5O2/c1-18-8-13-27(14-9-18)12-5-4-11-24-23(30)25-20-6-7-21-19(16-20)10-15-28(21)17-22(29)26(2)3/h6-7,10,15-16,18H,4-5,8-9,11-14,17H2,1-3H3,(H2,24,25,30). The van der Waals surface area contributed by atoms with Gasteiger partial charge in [0.2, 0.25) is 5.91 Å². The van der Waals surface area contributed by atoms with Gasteiger partial charge in [-0.25, -0.2) is 4.79 Å². The Hall–Kier alpha value is -2.54. The van der Waals surface area contributed by atoms with E-state index in [0.717, 1.165) is 41.9 Å². The molecule has 0 unspecified atom stereocenters. The smallest absolute Gasteiger partial charge is 0.319 e. The van der Waals surface area contributed by atoms with Crippen LogP contribution >= 0.6 is 0 Å². The van der Waals surface area contributed by atoms with E-state index >= 15 is 0 Å². The van der Waals surface area contributed by atoms with Crippen molar-refractivity contribution in [1.82, 2.24) is 19.7 Å². The molecule has 3 amide bonds. The summed E-state index contributed by atoms with van der Waals surface area (Å²) < 4.78 is 1.92. The highest BCUT2D eigenvalue weighted by Gasteiger charge is 2.14. The molecular weight excluding hydrogens is 378 g/mol. The van der Waals surface area contributed by atoms with E-state index in [1.54, 1.807) is 19.0 Å². The summed E-state index contributed by atoms with van der Waals surface area (Å²) in [5, 5.41) is 6.84. The van der Waals surface area contributed by atoms with Gasteiger partial charge < -0.3 is 25.0 Å². The predicted octanol–water partition coefficient (Wildman–Crippen LogP) is 3.36. The zero-order valence-corrected chi connectivity index (χ0v) is 18.5. The number of hydrogen-bond donors (Lipinski definition) is 2. The maximum absolute atomic E-state index is 12.2. The van der Waals surface area contributed by atoms with Crippen LogP contribution in [0.25, 0.3) is 10.9 Å². The van der Waals surface area contributed by atoms with Crippen LogP contribution in [0.1, 0.15) is 32.6 Å². The number of fused-ring (bicyclic) bond motifs is 1. The van der Waals surface area contributed by atoms with Gasteiger partial charge in [0.1, 0.15) is 6.54 Å². The maximum Gasteiger partial charge on any atom is 0.319 e.